The third-order valence-electron chi connectivity index (χ3n) is 6.36. The first-order chi connectivity index (χ1) is 20.9. The molecule has 45 heavy (non-hydrogen) atoms. The molecule has 0 aromatic heterocycles. The Kier molecular flexibility index (Phi) is 7.39. The fourth-order valence-electron chi connectivity index (χ4n) is 4.36. The van der Waals surface area contributed by atoms with Gasteiger partial charge in [-0.2, -0.15) is 17.6 Å². The minimum absolute atomic E-state index is 0.0264. The van der Waals surface area contributed by atoms with Gasteiger partial charge in [-0.25, -0.2) is 57.1 Å². The first kappa shape index (κ1) is 31.8. The Bertz CT molecular complexity index is 1930. The molecular formula is C25H2BF17O2. The van der Waals surface area contributed by atoms with E-state index in [2.05, 4.69) is 9.31 Å². The number of halogens is 17. The first-order valence-corrected chi connectivity index (χ1v) is 11.3. The van der Waals surface area contributed by atoms with Crippen LogP contribution in [-0.2, 0) is 5.92 Å². The van der Waals surface area contributed by atoms with Gasteiger partial charge in [-0.1, -0.05) is 0 Å². The Labute approximate surface area is 236 Å². The van der Waals surface area contributed by atoms with Crippen LogP contribution in [0.5, 0.6) is 11.5 Å². The van der Waals surface area contributed by atoms with Crippen molar-refractivity contribution in [3.63, 3.8) is 0 Å². The summed E-state index contributed by atoms with van der Waals surface area (Å²) in [6, 6.07) is 0.0849. The predicted octanol–water partition coefficient (Wildman–Crippen LogP) is 7.75. The van der Waals surface area contributed by atoms with Gasteiger partial charge in [-0.05, 0) is 12.1 Å². The zero-order chi connectivity index (χ0) is 33.6. The van der Waals surface area contributed by atoms with Crippen molar-refractivity contribution >= 4 is 12.6 Å². The van der Waals surface area contributed by atoms with E-state index in [-0.39, 0.29) is 12.1 Å². The van der Waals surface area contributed by atoms with Crippen LogP contribution in [0.25, 0.3) is 11.1 Å². The highest BCUT2D eigenvalue weighted by Gasteiger charge is 2.56. The number of fused-ring (bicyclic) bond motifs is 3. The van der Waals surface area contributed by atoms with Crippen molar-refractivity contribution in [1.29, 1.82) is 0 Å². The van der Waals surface area contributed by atoms with Crippen molar-refractivity contribution in [3.05, 3.63) is 111 Å². The molecule has 0 saturated carbocycles. The quantitative estimate of drug-likeness (QED) is 0.0939. The number of rotatable bonds is 5. The average Bonchev–Trinajstić information content (AvgIpc) is 3.24. The molecule has 0 saturated heterocycles. The third kappa shape index (κ3) is 4.35. The van der Waals surface area contributed by atoms with E-state index in [1.807, 2.05) is 0 Å². The summed E-state index contributed by atoms with van der Waals surface area (Å²) in [7, 11) is -3.74. The van der Waals surface area contributed by atoms with Crippen molar-refractivity contribution in [1.82, 2.24) is 0 Å². The van der Waals surface area contributed by atoms with Crippen LogP contribution in [0.2, 0.25) is 0 Å². The highest BCUT2D eigenvalue weighted by Crippen LogP contribution is 2.58. The topological polar surface area (TPSA) is 18.5 Å². The van der Waals surface area contributed by atoms with E-state index >= 15 is 13.2 Å². The van der Waals surface area contributed by atoms with E-state index in [1.165, 1.54) is 0 Å². The molecule has 0 bridgehead atoms. The number of hydrogen-bond acceptors (Lipinski definition) is 2. The van der Waals surface area contributed by atoms with Crippen molar-refractivity contribution in [3.8, 4) is 22.6 Å². The maximum atomic E-state index is 15.5. The molecule has 0 unspecified atom stereocenters. The lowest BCUT2D eigenvalue weighted by Gasteiger charge is -2.23. The summed E-state index contributed by atoms with van der Waals surface area (Å²) in [6.07, 6.45) is 0. The van der Waals surface area contributed by atoms with Gasteiger partial charge in [0, 0.05) is 11.1 Å². The Hall–Kier alpha value is -4.65. The van der Waals surface area contributed by atoms with Gasteiger partial charge in [0.15, 0.2) is 81.4 Å². The zero-order valence-electron chi connectivity index (χ0n) is 20.5. The lowest BCUT2D eigenvalue weighted by molar-refractivity contribution is 0.0404. The van der Waals surface area contributed by atoms with Crippen molar-refractivity contribution in [2.24, 2.45) is 0 Å². The van der Waals surface area contributed by atoms with Crippen LogP contribution >= 0.6 is 0 Å². The standard InChI is InChI=1S/C25H2BF17O2/c27-3-1-2-4(11(29)10(3)28)44-26(9-15(33)20(38)22(40)21(39)16(9)34)45-24-8-6(13(31)18(36)23(24)41)5-7(25(8,42)43)14(32)19(37)17(35)12(5)30/h1-2H. The molecule has 1 aliphatic rings. The molecule has 5 rings (SSSR count). The van der Waals surface area contributed by atoms with Crippen molar-refractivity contribution < 1.29 is 83.9 Å². The molecular weight excluding hydrogens is 666 g/mol. The SMILES string of the molecule is Fc1ccc(OB(Oc2c(F)c(F)c(F)c3c2C(F)(F)c2c(F)c(F)c(F)c(F)c2-3)c2c(F)c(F)c(F)c(F)c2F)c(F)c1F. The molecule has 4 aromatic rings. The van der Waals surface area contributed by atoms with E-state index in [0.717, 1.165) is 0 Å². The molecule has 0 heterocycles. The fraction of sp³-hybridized carbons (Fsp3) is 0.0400. The normalized spacial score (nSPS) is 13.2. The van der Waals surface area contributed by atoms with Gasteiger partial charge < -0.3 is 9.31 Å². The largest absolute Gasteiger partial charge is 0.639 e. The predicted molar refractivity (Wildman–Crippen MR) is 114 cm³/mol. The van der Waals surface area contributed by atoms with Crippen molar-refractivity contribution in [2.75, 3.05) is 0 Å². The molecule has 236 valence electrons. The van der Waals surface area contributed by atoms with Crippen LogP contribution in [0, 0.1) is 87.3 Å². The van der Waals surface area contributed by atoms with Crippen LogP contribution in [0.15, 0.2) is 12.1 Å². The number of hydrogen-bond donors (Lipinski definition) is 0. The summed E-state index contributed by atoms with van der Waals surface area (Å²) < 4.78 is 254. The summed E-state index contributed by atoms with van der Waals surface area (Å²) in [5.74, 6) is -51.6. The summed E-state index contributed by atoms with van der Waals surface area (Å²) in [4.78, 5) is 0. The minimum Gasteiger partial charge on any atom is -0.520 e. The zero-order valence-corrected chi connectivity index (χ0v) is 20.5. The second-order valence-electron chi connectivity index (χ2n) is 8.83. The Morgan fingerprint density at radius 1 is 0.422 bits per heavy atom. The Morgan fingerprint density at radius 3 is 1.42 bits per heavy atom. The van der Waals surface area contributed by atoms with Crippen LogP contribution in [-0.4, -0.2) is 7.12 Å². The van der Waals surface area contributed by atoms with E-state index in [1.54, 1.807) is 0 Å². The number of benzene rings is 4. The molecule has 2 nitrogen and oxygen atoms in total. The number of alkyl halides is 2. The second kappa shape index (κ2) is 10.5. The van der Waals surface area contributed by atoms with Gasteiger partial charge >= 0.3 is 13.0 Å². The van der Waals surface area contributed by atoms with Crippen LogP contribution in [0.3, 0.4) is 0 Å². The molecule has 0 spiro atoms. The van der Waals surface area contributed by atoms with Gasteiger partial charge in [0.2, 0.25) is 11.6 Å². The Balaban J connectivity index is 1.84. The minimum atomic E-state index is -5.48. The van der Waals surface area contributed by atoms with E-state index in [4.69, 9.17) is 0 Å². The molecule has 1 aliphatic carbocycles. The monoisotopic (exact) mass is 668 g/mol. The van der Waals surface area contributed by atoms with E-state index in [0.29, 0.717) is 0 Å². The highest BCUT2D eigenvalue weighted by atomic mass is 19.3. The molecule has 0 radical (unpaired) electrons. The van der Waals surface area contributed by atoms with Crippen LogP contribution < -0.4 is 14.8 Å². The smallest absolute Gasteiger partial charge is 0.520 e. The molecule has 4 aromatic carbocycles. The van der Waals surface area contributed by atoms with Gasteiger partial charge in [0.05, 0.1) is 16.6 Å². The molecule has 0 aliphatic heterocycles. The maximum Gasteiger partial charge on any atom is 0.639 e. The van der Waals surface area contributed by atoms with Crippen LogP contribution in [0.4, 0.5) is 74.6 Å². The molecule has 0 atom stereocenters. The third-order valence-corrected chi connectivity index (χ3v) is 6.36. The highest BCUT2D eigenvalue weighted by molar-refractivity contribution is 6.63. The molecule has 0 N–H and O–H groups in total. The van der Waals surface area contributed by atoms with Gasteiger partial charge in [-0.15, -0.1) is 0 Å². The molecule has 20 heteroatoms. The lowest BCUT2D eigenvalue weighted by atomic mass is 9.77. The molecule has 0 fully saturated rings. The summed E-state index contributed by atoms with van der Waals surface area (Å²) in [5.41, 5.74) is -12.2. The van der Waals surface area contributed by atoms with Crippen molar-refractivity contribution in [2.45, 2.75) is 5.92 Å². The maximum absolute atomic E-state index is 15.5. The average molecular weight is 668 g/mol. The summed E-state index contributed by atoms with van der Waals surface area (Å²) >= 11 is 0. The fourth-order valence-corrected chi connectivity index (χ4v) is 4.36. The van der Waals surface area contributed by atoms with Gasteiger partial charge in [0.1, 0.15) is 5.75 Å². The lowest BCUT2D eigenvalue weighted by Crippen LogP contribution is -2.48. The second-order valence-corrected chi connectivity index (χ2v) is 8.83. The van der Waals surface area contributed by atoms with E-state index in [9.17, 15) is 61.5 Å². The summed E-state index contributed by atoms with van der Waals surface area (Å²) in [6.45, 7) is 0. The molecule has 0 amide bonds. The Morgan fingerprint density at radius 2 is 0.867 bits per heavy atom. The van der Waals surface area contributed by atoms with Gasteiger partial charge in [0.25, 0.3) is 0 Å². The first-order valence-electron chi connectivity index (χ1n) is 11.3. The van der Waals surface area contributed by atoms with E-state index < -0.39 is 140 Å². The van der Waals surface area contributed by atoms with Crippen LogP contribution in [0.1, 0.15) is 11.1 Å². The summed E-state index contributed by atoms with van der Waals surface area (Å²) in [5, 5.41) is 0. The van der Waals surface area contributed by atoms with Gasteiger partial charge in [-0.3, -0.25) is 0 Å².